The van der Waals surface area contributed by atoms with Gasteiger partial charge < -0.3 is 127 Å². The van der Waals surface area contributed by atoms with E-state index in [1.165, 1.54) is 7.11 Å². The summed E-state index contributed by atoms with van der Waals surface area (Å²) in [6.45, 7) is -1.84. The number of methoxy groups -OCH3 is 1. The second-order valence-corrected chi connectivity index (χ2v) is 14.9. The zero-order valence-electron chi connectivity index (χ0n) is 31.4. The highest BCUT2D eigenvalue weighted by Crippen LogP contribution is 2.34. The molecule has 25 heteroatoms. The smallest absolute Gasteiger partial charge is 0.176 e. The number of rotatable bonds is 14. The summed E-state index contributed by atoms with van der Waals surface area (Å²) in [4.78, 5) is 0. The zero-order chi connectivity index (χ0) is 42.0. The van der Waals surface area contributed by atoms with Gasteiger partial charge in [-0.3, -0.25) is 0 Å². The lowest BCUT2D eigenvalue weighted by Gasteiger charge is -2.50. The summed E-state index contributed by atoms with van der Waals surface area (Å²) in [7, 11) is 1.29. The molecule has 20 N–H and O–H groups in total. The monoisotopic (exact) mass is 835 g/mol. The summed E-state index contributed by atoms with van der Waals surface area (Å²) >= 11 is 0. The molecule has 0 aromatic heterocycles. The minimum atomic E-state index is -1.71. The van der Waals surface area contributed by atoms with Crippen molar-refractivity contribution in [3.63, 3.8) is 0 Å². The van der Waals surface area contributed by atoms with Crippen molar-refractivity contribution in [3.05, 3.63) is 0 Å². The summed E-state index contributed by atoms with van der Waals surface area (Å²) < 4.78 is 57.5. The van der Waals surface area contributed by atoms with Crippen LogP contribution in [-0.4, -0.2) is 244 Å². The van der Waals surface area contributed by atoms with Crippen LogP contribution in [0.1, 0.15) is 6.92 Å². The van der Waals surface area contributed by atoms with Crippen LogP contribution in [0.4, 0.5) is 0 Å². The van der Waals surface area contributed by atoms with Gasteiger partial charge in [-0.15, -0.1) is 0 Å². The lowest BCUT2D eigenvalue weighted by molar-refractivity contribution is -0.362. The SMILES string of the molecule is COC1C(CO)OC(OC2C(CO)OC(OC3C(CO)OC(OC4C(CO)OC(OC5C(CO)OC(C)C(N)C5O)C(N)C4O)C(N)C3O)C(N)C2O)C(N)C1O. The van der Waals surface area contributed by atoms with E-state index >= 15 is 0 Å². The molecule has 0 saturated carbocycles. The number of hydrogen-bond acceptors (Lipinski definition) is 25. The van der Waals surface area contributed by atoms with Gasteiger partial charge in [-0.2, -0.15) is 0 Å². The van der Waals surface area contributed by atoms with Crippen LogP contribution < -0.4 is 28.7 Å². The predicted octanol–water partition coefficient (Wildman–Crippen LogP) is -10.4. The maximum absolute atomic E-state index is 11.3. The molecule has 0 spiro atoms. The molecule has 25 unspecified atom stereocenters. The van der Waals surface area contributed by atoms with Crippen molar-refractivity contribution in [3.8, 4) is 0 Å². The highest BCUT2D eigenvalue weighted by atomic mass is 16.8. The van der Waals surface area contributed by atoms with Gasteiger partial charge in [0.2, 0.25) is 0 Å². The Bertz CT molecular complexity index is 1230. The van der Waals surface area contributed by atoms with Crippen molar-refractivity contribution in [2.24, 2.45) is 28.7 Å². The molecule has 5 fully saturated rings. The van der Waals surface area contributed by atoms with Crippen molar-refractivity contribution in [1.82, 2.24) is 0 Å². The molecule has 5 saturated heterocycles. The first-order chi connectivity index (χ1) is 27.1. The van der Waals surface area contributed by atoms with Crippen LogP contribution in [0.25, 0.3) is 0 Å². The first kappa shape index (κ1) is 47.1. The average Bonchev–Trinajstić information content (AvgIpc) is 3.20. The van der Waals surface area contributed by atoms with Crippen molar-refractivity contribution < 1.29 is 98.4 Å². The van der Waals surface area contributed by atoms with Gasteiger partial charge in [-0.25, -0.2) is 0 Å². The Morgan fingerprint density at radius 1 is 0.386 bits per heavy atom. The van der Waals surface area contributed by atoms with E-state index in [1.807, 2.05) is 0 Å². The maximum Gasteiger partial charge on any atom is 0.176 e. The Morgan fingerprint density at radius 3 is 0.877 bits per heavy atom. The highest BCUT2D eigenvalue weighted by Gasteiger charge is 2.55. The van der Waals surface area contributed by atoms with Crippen molar-refractivity contribution in [1.29, 1.82) is 0 Å². The molecule has 0 amide bonds. The van der Waals surface area contributed by atoms with Gasteiger partial charge in [-0.05, 0) is 6.92 Å². The number of aliphatic hydroxyl groups is 10. The molecule has 5 aliphatic heterocycles. The normalized spacial score (nSPS) is 52.5. The van der Waals surface area contributed by atoms with Crippen LogP contribution in [0.5, 0.6) is 0 Å². The van der Waals surface area contributed by atoms with Crippen LogP contribution in [0.15, 0.2) is 0 Å². The van der Waals surface area contributed by atoms with E-state index in [0.29, 0.717) is 0 Å². The quantitative estimate of drug-likeness (QED) is 0.0772. The third-order valence-corrected chi connectivity index (χ3v) is 11.2. The Labute approximate surface area is 327 Å². The van der Waals surface area contributed by atoms with Crippen molar-refractivity contribution in [2.75, 3.05) is 40.1 Å². The Hall–Kier alpha value is -1.00. The van der Waals surface area contributed by atoms with E-state index in [4.69, 9.17) is 76.0 Å². The minimum Gasteiger partial charge on any atom is -0.394 e. The summed E-state index contributed by atoms with van der Waals surface area (Å²) in [5.41, 5.74) is 31.0. The number of aliphatic hydroxyl groups excluding tert-OH is 10. The molecule has 0 bridgehead atoms. The second-order valence-electron chi connectivity index (χ2n) is 14.9. The lowest BCUT2D eigenvalue weighted by atomic mass is 9.93. The van der Waals surface area contributed by atoms with Gasteiger partial charge in [0.15, 0.2) is 25.2 Å². The molecule has 0 aromatic carbocycles. The van der Waals surface area contributed by atoms with Gasteiger partial charge in [0.05, 0.1) is 69.3 Å². The molecule has 25 nitrogen and oxygen atoms in total. The number of ether oxygens (including phenoxy) is 10. The van der Waals surface area contributed by atoms with Crippen molar-refractivity contribution >= 4 is 0 Å². The third kappa shape index (κ3) is 9.58. The third-order valence-electron chi connectivity index (χ3n) is 11.2. The molecule has 0 aliphatic carbocycles. The van der Waals surface area contributed by atoms with E-state index in [0.717, 1.165) is 0 Å². The van der Waals surface area contributed by atoms with Gasteiger partial charge in [0.25, 0.3) is 0 Å². The topological polar surface area (TPSA) is 425 Å². The Morgan fingerprint density at radius 2 is 0.614 bits per heavy atom. The van der Waals surface area contributed by atoms with E-state index in [-0.39, 0.29) is 0 Å². The van der Waals surface area contributed by atoms with Crippen molar-refractivity contribution in [2.45, 2.75) is 160 Å². The number of hydrogen-bond donors (Lipinski definition) is 15. The fraction of sp³-hybridized carbons (Fsp3) is 1.00. The maximum atomic E-state index is 11.3. The van der Waals surface area contributed by atoms with Gasteiger partial charge in [0.1, 0.15) is 91.6 Å². The average molecular weight is 836 g/mol. The van der Waals surface area contributed by atoms with E-state index < -0.39 is 186 Å². The summed E-state index contributed by atoms with van der Waals surface area (Å²) in [5, 5.41) is 105. The highest BCUT2D eigenvalue weighted by molar-refractivity contribution is 5.01. The molecule has 5 aliphatic rings. The van der Waals surface area contributed by atoms with Gasteiger partial charge >= 0.3 is 0 Å². The van der Waals surface area contributed by atoms with E-state index in [2.05, 4.69) is 0 Å². The summed E-state index contributed by atoms with van der Waals surface area (Å²) in [6, 6.07) is -6.42. The van der Waals surface area contributed by atoms with Gasteiger partial charge in [0, 0.05) is 7.11 Å². The number of nitrogens with two attached hydrogens (primary N) is 5. The molecule has 5 rings (SSSR count). The first-order valence-corrected chi connectivity index (χ1v) is 18.7. The first-order valence-electron chi connectivity index (χ1n) is 18.7. The molecule has 57 heavy (non-hydrogen) atoms. The zero-order valence-corrected chi connectivity index (χ0v) is 31.4. The fourth-order valence-corrected chi connectivity index (χ4v) is 7.73. The second kappa shape index (κ2) is 20.2. The van der Waals surface area contributed by atoms with Crippen LogP contribution >= 0.6 is 0 Å². The molecular formula is C32H61N5O20. The minimum absolute atomic E-state index is 0.552. The van der Waals surface area contributed by atoms with E-state index in [9.17, 15) is 51.1 Å². The lowest BCUT2D eigenvalue weighted by Crippen LogP contribution is -2.70. The van der Waals surface area contributed by atoms with Gasteiger partial charge in [-0.1, -0.05) is 0 Å². The largest absolute Gasteiger partial charge is 0.394 e. The molecule has 0 radical (unpaired) electrons. The van der Waals surface area contributed by atoms with Crippen LogP contribution in [0, 0.1) is 0 Å². The molecule has 0 aromatic rings. The fourth-order valence-electron chi connectivity index (χ4n) is 7.73. The summed E-state index contributed by atoms with van der Waals surface area (Å²) in [5.74, 6) is 0. The Kier molecular flexibility index (Phi) is 16.7. The van der Waals surface area contributed by atoms with E-state index in [1.54, 1.807) is 6.92 Å². The molecule has 25 atom stereocenters. The molecule has 334 valence electrons. The standard InChI is InChI=1S/C32H61N5O20/c1-8-14(33)19(43)25(10(4-39)49-8)54-30-16(35)21(45)27(12(6-41)51-30)56-32-18(37)23(47)28(13(7-42)53-32)57-31-17(36)22(46)26(11(5-40)52-31)55-29-15(34)20(44)24(48-2)9(3-38)50-29/h8-32,38-47H,3-7,33-37H2,1-2H3. The summed E-state index contributed by atoms with van der Waals surface area (Å²) in [6.07, 6.45) is -27.1. The predicted molar refractivity (Wildman–Crippen MR) is 185 cm³/mol. The van der Waals surface area contributed by atoms with Crippen LogP contribution in [-0.2, 0) is 47.4 Å². The molecular weight excluding hydrogens is 774 g/mol. The van der Waals surface area contributed by atoms with Crippen LogP contribution in [0.3, 0.4) is 0 Å². The molecule has 5 heterocycles. The Balaban J connectivity index is 1.22. The van der Waals surface area contributed by atoms with Crippen LogP contribution in [0.2, 0.25) is 0 Å².